The largest absolute Gasteiger partial charge is 0.466 e. The molecule has 1 N–H and O–H groups in total. The summed E-state index contributed by atoms with van der Waals surface area (Å²) in [7, 11) is 0. The van der Waals surface area contributed by atoms with Crippen LogP contribution < -0.4 is 5.32 Å². The van der Waals surface area contributed by atoms with Gasteiger partial charge in [-0.2, -0.15) is 0 Å². The molecule has 23 heavy (non-hydrogen) atoms. The van der Waals surface area contributed by atoms with Crippen molar-refractivity contribution < 1.29 is 14.3 Å². The lowest BCUT2D eigenvalue weighted by atomic mass is 10.1. The minimum atomic E-state index is -0.221. The first-order valence-corrected chi connectivity index (χ1v) is 9.63. The number of esters is 1. The summed E-state index contributed by atoms with van der Waals surface area (Å²) in [5.74, 6) is -0.170. The molecule has 4 heteroatoms. The fourth-order valence-electron chi connectivity index (χ4n) is 2.39. The van der Waals surface area contributed by atoms with Crippen molar-refractivity contribution >= 4 is 11.9 Å². The highest BCUT2D eigenvalue weighted by molar-refractivity contribution is 5.76. The summed E-state index contributed by atoms with van der Waals surface area (Å²) in [5, 5.41) is 2.79. The maximum atomic E-state index is 11.6. The Morgan fingerprint density at radius 2 is 1.30 bits per heavy atom. The molecule has 0 radical (unpaired) electrons. The molecule has 0 aromatic heterocycles. The molecule has 0 aromatic rings. The molecule has 0 saturated carbocycles. The van der Waals surface area contributed by atoms with Gasteiger partial charge in [0.05, 0.1) is 13.0 Å². The molecule has 0 bridgehead atoms. The van der Waals surface area contributed by atoms with E-state index in [1.54, 1.807) is 0 Å². The molecule has 0 rings (SSSR count). The van der Waals surface area contributed by atoms with E-state index < -0.39 is 0 Å². The van der Waals surface area contributed by atoms with Gasteiger partial charge in [-0.25, -0.2) is 0 Å². The highest BCUT2D eigenvalue weighted by Crippen LogP contribution is 2.10. The molecule has 0 spiro atoms. The monoisotopic (exact) mass is 327 g/mol. The molecule has 0 aliphatic carbocycles. The molecule has 0 heterocycles. The third-order valence-corrected chi connectivity index (χ3v) is 3.92. The zero-order chi connectivity index (χ0) is 17.2. The standard InChI is InChI=1S/C19H37NO3/c1-3-5-7-8-9-10-11-12-13-14-18(21)20-16-15-19(22)23-17-6-4-2/h3-17H2,1-2H3,(H,20,21). The van der Waals surface area contributed by atoms with Crippen molar-refractivity contribution in [2.45, 2.75) is 97.3 Å². The first-order chi connectivity index (χ1) is 11.2. The van der Waals surface area contributed by atoms with Crippen molar-refractivity contribution in [2.24, 2.45) is 0 Å². The van der Waals surface area contributed by atoms with Crippen LogP contribution in [0, 0.1) is 0 Å². The number of nitrogens with one attached hydrogen (secondary N) is 1. The number of hydrogen-bond donors (Lipinski definition) is 1. The summed E-state index contributed by atoms with van der Waals surface area (Å²) in [6, 6.07) is 0. The van der Waals surface area contributed by atoms with Crippen LogP contribution in [0.15, 0.2) is 0 Å². The minimum absolute atomic E-state index is 0.0503. The van der Waals surface area contributed by atoms with Crippen LogP contribution in [0.5, 0.6) is 0 Å². The lowest BCUT2D eigenvalue weighted by Gasteiger charge is -2.06. The molecule has 0 fully saturated rings. The van der Waals surface area contributed by atoms with E-state index in [0.29, 0.717) is 19.6 Å². The number of carbonyl (C=O) groups is 2. The van der Waals surface area contributed by atoms with Gasteiger partial charge in [-0.1, -0.05) is 71.6 Å². The van der Waals surface area contributed by atoms with Gasteiger partial charge in [-0.3, -0.25) is 9.59 Å². The number of hydrogen-bond acceptors (Lipinski definition) is 3. The van der Waals surface area contributed by atoms with Gasteiger partial charge in [0.2, 0.25) is 5.91 Å². The Labute approximate surface area is 142 Å². The second kappa shape index (κ2) is 17.3. The first-order valence-electron chi connectivity index (χ1n) is 9.63. The predicted octanol–water partition coefficient (Wildman–Crippen LogP) is 4.76. The van der Waals surface area contributed by atoms with Gasteiger partial charge in [-0.05, 0) is 12.8 Å². The number of rotatable bonds is 16. The van der Waals surface area contributed by atoms with Crippen molar-refractivity contribution in [3.63, 3.8) is 0 Å². The summed E-state index contributed by atoms with van der Waals surface area (Å²) in [6.07, 6.45) is 14.0. The normalized spacial score (nSPS) is 10.5. The SMILES string of the molecule is CCCCCCCCCCCC(=O)NCCC(=O)OCCCC. The van der Waals surface area contributed by atoms with Crippen LogP contribution in [0.4, 0.5) is 0 Å². The maximum Gasteiger partial charge on any atom is 0.307 e. The summed E-state index contributed by atoms with van der Waals surface area (Å²) < 4.78 is 5.03. The fraction of sp³-hybridized carbons (Fsp3) is 0.895. The Kier molecular flexibility index (Phi) is 16.5. The molecule has 0 aliphatic rings. The lowest BCUT2D eigenvalue weighted by molar-refractivity contribution is -0.143. The quantitative estimate of drug-likeness (QED) is 0.328. The Morgan fingerprint density at radius 3 is 1.91 bits per heavy atom. The highest BCUT2D eigenvalue weighted by atomic mass is 16.5. The van der Waals surface area contributed by atoms with Crippen LogP contribution in [0.1, 0.15) is 97.3 Å². The molecular weight excluding hydrogens is 290 g/mol. The molecule has 0 unspecified atom stereocenters. The van der Waals surface area contributed by atoms with Gasteiger partial charge < -0.3 is 10.1 Å². The third kappa shape index (κ3) is 17.1. The highest BCUT2D eigenvalue weighted by Gasteiger charge is 2.05. The lowest BCUT2D eigenvalue weighted by Crippen LogP contribution is -2.26. The van der Waals surface area contributed by atoms with Crippen molar-refractivity contribution in [2.75, 3.05) is 13.2 Å². The smallest absolute Gasteiger partial charge is 0.307 e. The average molecular weight is 328 g/mol. The Bertz CT molecular complexity index is 292. The Hall–Kier alpha value is -1.06. The fourth-order valence-corrected chi connectivity index (χ4v) is 2.39. The third-order valence-electron chi connectivity index (χ3n) is 3.92. The van der Waals surface area contributed by atoms with Crippen LogP contribution in [0.3, 0.4) is 0 Å². The summed E-state index contributed by atoms with van der Waals surface area (Å²) >= 11 is 0. The molecule has 0 atom stereocenters. The molecule has 0 aromatic carbocycles. The van der Waals surface area contributed by atoms with Crippen LogP contribution in [-0.2, 0) is 14.3 Å². The van der Waals surface area contributed by atoms with Gasteiger partial charge in [-0.15, -0.1) is 0 Å². The van der Waals surface area contributed by atoms with E-state index in [4.69, 9.17) is 4.74 Å². The molecule has 1 amide bonds. The second-order valence-corrected chi connectivity index (χ2v) is 6.25. The molecule has 4 nitrogen and oxygen atoms in total. The zero-order valence-electron chi connectivity index (χ0n) is 15.3. The maximum absolute atomic E-state index is 11.6. The van der Waals surface area contributed by atoms with Crippen LogP contribution >= 0.6 is 0 Å². The molecular formula is C19H37NO3. The molecule has 0 aliphatic heterocycles. The van der Waals surface area contributed by atoms with Crippen molar-refractivity contribution in [1.29, 1.82) is 0 Å². The van der Waals surface area contributed by atoms with E-state index in [0.717, 1.165) is 25.7 Å². The van der Waals surface area contributed by atoms with Crippen LogP contribution in [0.2, 0.25) is 0 Å². The summed E-state index contributed by atoms with van der Waals surface area (Å²) in [5.41, 5.74) is 0. The van der Waals surface area contributed by atoms with Crippen molar-refractivity contribution in [1.82, 2.24) is 5.32 Å². The number of unbranched alkanes of at least 4 members (excludes halogenated alkanes) is 9. The minimum Gasteiger partial charge on any atom is -0.466 e. The van der Waals surface area contributed by atoms with E-state index in [9.17, 15) is 9.59 Å². The number of ether oxygens (including phenoxy) is 1. The molecule has 0 saturated heterocycles. The Morgan fingerprint density at radius 1 is 0.739 bits per heavy atom. The van der Waals surface area contributed by atoms with E-state index in [2.05, 4.69) is 19.2 Å². The van der Waals surface area contributed by atoms with E-state index in [-0.39, 0.29) is 18.3 Å². The zero-order valence-corrected chi connectivity index (χ0v) is 15.3. The Balaban J connectivity index is 3.29. The van der Waals surface area contributed by atoms with Crippen molar-refractivity contribution in [3.05, 3.63) is 0 Å². The van der Waals surface area contributed by atoms with Crippen molar-refractivity contribution in [3.8, 4) is 0 Å². The number of carbonyl (C=O) groups excluding carboxylic acids is 2. The topological polar surface area (TPSA) is 55.4 Å². The van der Waals surface area contributed by atoms with Crippen LogP contribution in [-0.4, -0.2) is 25.0 Å². The van der Waals surface area contributed by atoms with Gasteiger partial charge in [0.25, 0.3) is 0 Å². The van der Waals surface area contributed by atoms with Gasteiger partial charge in [0, 0.05) is 13.0 Å². The summed E-state index contributed by atoms with van der Waals surface area (Å²) in [6.45, 7) is 5.17. The number of amides is 1. The van der Waals surface area contributed by atoms with Gasteiger partial charge >= 0.3 is 5.97 Å². The summed E-state index contributed by atoms with van der Waals surface area (Å²) in [4.78, 5) is 23.0. The van der Waals surface area contributed by atoms with E-state index >= 15 is 0 Å². The van der Waals surface area contributed by atoms with E-state index in [1.807, 2.05) is 0 Å². The molecule has 136 valence electrons. The predicted molar refractivity (Wildman–Crippen MR) is 95.3 cm³/mol. The van der Waals surface area contributed by atoms with Gasteiger partial charge in [0.15, 0.2) is 0 Å². The van der Waals surface area contributed by atoms with Gasteiger partial charge in [0.1, 0.15) is 0 Å². The van der Waals surface area contributed by atoms with E-state index in [1.165, 1.54) is 44.9 Å². The second-order valence-electron chi connectivity index (χ2n) is 6.25. The first kappa shape index (κ1) is 21.9. The average Bonchev–Trinajstić information content (AvgIpc) is 2.53. The van der Waals surface area contributed by atoms with Crippen LogP contribution in [0.25, 0.3) is 0 Å².